The molecule has 3 N–H and O–H groups in total. The lowest BCUT2D eigenvalue weighted by molar-refractivity contribution is -0.137. The highest BCUT2D eigenvalue weighted by molar-refractivity contribution is 7.84. The largest absolute Gasteiger partial charge is 0.416 e. The summed E-state index contributed by atoms with van der Waals surface area (Å²) in [5, 5.41) is 6.26. The summed E-state index contributed by atoms with van der Waals surface area (Å²) in [5.41, 5.74) is 3.37. The summed E-state index contributed by atoms with van der Waals surface area (Å²) >= 11 is 0. The molecular weight excluding hydrogens is 453 g/mol. The van der Waals surface area contributed by atoms with Gasteiger partial charge in [-0.3, -0.25) is 9.00 Å². The van der Waals surface area contributed by atoms with E-state index in [0.717, 1.165) is 33.5 Å². The molecule has 2 aromatic heterocycles. The number of pyridine rings is 1. The van der Waals surface area contributed by atoms with Crippen LogP contribution in [0.3, 0.4) is 0 Å². The second kappa shape index (κ2) is 10.3. The van der Waals surface area contributed by atoms with Crippen LogP contribution in [0.2, 0.25) is 0 Å². The van der Waals surface area contributed by atoms with Gasteiger partial charge in [0, 0.05) is 47.1 Å². The van der Waals surface area contributed by atoms with Crippen molar-refractivity contribution in [2.75, 3.05) is 23.9 Å². The number of aromatic amines is 1. The zero-order valence-corrected chi connectivity index (χ0v) is 18.6. The Balaban J connectivity index is 0.000000218. The number of H-pyrrole nitrogens is 1. The second-order valence-electron chi connectivity index (χ2n) is 6.85. The van der Waals surface area contributed by atoms with Crippen LogP contribution in [0.1, 0.15) is 5.56 Å². The van der Waals surface area contributed by atoms with E-state index in [-0.39, 0.29) is 0 Å². The molecule has 0 spiro atoms. The van der Waals surface area contributed by atoms with Gasteiger partial charge in [-0.25, -0.2) is 4.98 Å². The highest BCUT2D eigenvalue weighted by Gasteiger charge is 2.29. The summed E-state index contributed by atoms with van der Waals surface area (Å²) in [6.07, 6.45) is 1.47. The van der Waals surface area contributed by atoms with Gasteiger partial charge in [0.1, 0.15) is 5.65 Å². The number of fused-ring (bicyclic) bond motifs is 1. The van der Waals surface area contributed by atoms with Gasteiger partial charge in [-0.05, 0) is 53.6 Å². The van der Waals surface area contributed by atoms with Crippen molar-refractivity contribution in [2.24, 2.45) is 0 Å². The van der Waals surface area contributed by atoms with E-state index in [2.05, 4.69) is 20.6 Å². The minimum Gasteiger partial charge on any atom is -0.388 e. The maximum absolute atomic E-state index is 12.0. The number of carbonyl (C=O) groups excluding carboxylic acids is 1. The standard InChI is InChI=1S/C15H13N3O2S.C8H8F3N/c1-21(20)11-4-2-10(3-5-11)12-6-7-16-15-14(12)13(8-17-15)18-9-19;1-12-7-4-2-6(3-5-7)8(9,10)11/h2-9H,1H3,(H,16,17)(H,18,19);2-5,12H,1H3. The van der Waals surface area contributed by atoms with Crippen molar-refractivity contribution in [1.29, 1.82) is 0 Å². The molecule has 172 valence electrons. The molecule has 0 aliphatic carbocycles. The number of nitrogens with one attached hydrogen (secondary N) is 3. The first kappa shape index (κ1) is 24.0. The zero-order valence-electron chi connectivity index (χ0n) is 17.7. The molecular formula is C23H21F3N4O2S. The van der Waals surface area contributed by atoms with Gasteiger partial charge in [0.2, 0.25) is 6.41 Å². The molecule has 0 fully saturated rings. The van der Waals surface area contributed by atoms with E-state index in [9.17, 15) is 22.2 Å². The highest BCUT2D eigenvalue weighted by Crippen LogP contribution is 2.33. The maximum atomic E-state index is 12.0. The third-order valence-electron chi connectivity index (χ3n) is 4.79. The number of halogens is 3. The number of rotatable bonds is 5. The summed E-state index contributed by atoms with van der Waals surface area (Å²) in [5.74, 6) is 0. The van der Waals surface area contributed by atoms with Crippen molar-refractivity contribution in [1.82, 2.24) is 9.97 Å². The summed E-state index contributed by atoms with van der Waals surface area (Å²) in [7, 11) is 0.658. The first-order chi connectivity index (χ1) is 15.7. The van der Waals surface area contributed by atoms with Crippen molar-refractivity contribution in [3.8, 4) is 11.1 Å². The average Bonchev–Trinajstić information content (AvgIpc) is 3.22. The topological polar surface area (TPSA) is 86.9 Å². The maximum Gasteiger partial charge on any atom is 0.416 e. The molecule has 2 heterocycles. The van der Waals surface area contributed by atoms with Gasteiger partial charge >= 0.3 is 6.18 Å². The fourth-order valence-electron chi connectivity index (χ4n) is 3.13. The van der Waals surface area contributed by atoms with Crippen LogP contribution in [-0.4, -0.2) is 33.9 Å². The first-order valence-electron chi connectivity index (χ1n) is 9.69. The van der Waals surface area contributed by atoms with Gasteiger partial charge in [-0.2, -0.15) is 13.2 Å². The fraction of sp³-hybridized carbons (Fsp3) is 0.130. The van der Waals surface area contributed by atoms with Crippen LogP contribution in [0.5, 0.6) is 0 Å². The van der Waals surface area contributed by atoms with E-state index >= 15 is 0 Å². The molecule has 0 aliphatic heterocycles. The van der Waals surface area contributed by atoms with Crippen LogP contribution >= 0.6 is 0 Å². The summed E-state index contributed by atoms with van der Waals surface area (Å²) in [6.45, 7) is 0. The quantitative estimate of drug-likeness (QED) is 0.344. The number of anilines is 2. The van der Waals surface area contributed by atoms with E-state index < -0.39 is 22.5 Å². The second-order valence-corrected chi connectivity index (χ2v) is 8.23. The molecule has 1 amide bonds. The molecule has 6 nitrogen and oxygen atoms in total. The molecule has 1 unspecified atom stereocenters. The van der Waals surface area contributed by atoms with Crippen molar-refractivity contribution in [3.63, 3.8) is 0 Å². The Kier molecular flexibility index (Phi) is 7.49. The van der Waals surface area contributed by atoms with E-state index in [0.29, 0.717) is 23.4 Å². The minimum atomic E-state index is -4.24. The van der Waals surface area contributed by atoms with Crippen LogP contribution in [0, 0.1) is 0 Å². The molecule has 33 heavy (non-hydrogen) atoms. The molecule has 0 aliphatic rings. The number of amides is 1. The van der Waals surface area contributed by atoms with Crippen LogP contribution in [0.4, 0.5) is 24.5 Å². The summed E-state index contributed by atoms with van der Waals surface area (Å²) in [6, 6.07) is 14.3. The van der Waals surface area contributed by atoms with Gasteiger partial charge in [0.05, 0.1) is 16.6 Å². The first-order valence-corrected chi connectivity index (χ1v) is 11.3. The van der Waals surface area contributed by atoms with Crippen molar-refractivity contribution < 1.29 is 22.2 Å². The summed E-state index contributed by atoms with van der Waals surface area (Å²) in [4.78, 5) is 18.8. The minimum absolute atomic E-state index is 0.624. The number of carbonyl (C=O) groups is 1. The lowest BCUT2D eigenvalue weighted by atomic mass is 10.0. The Hall–Kier alpha value is -3.66. The van der Waals surface area contributed by atoms with E-state index in [1.54, 1.807) is 25.7 Å². The molecule has 0 saturated heterocycles. The number of alkyl halides is 3. The lowest BCUT2D eigenvalue weighted by Gasteiger charge is -2.06. The Morgan fingerprint density at radius 2 is 1.70 bits per heavy atom. The van der Waals surface area contributed by atoms with Crippen molar-refractivity contribution >= 4 is 39.6 Å². The molecule has 10 heteroatoms. The fourth-order valence-corrected chi connectivity index (χ4v) is 3.65. The van der Waals surface area contributed by atoms with Gasteiger partial charge < -0.3 is 15.6 Å². The van der Waals surface area contributed by atoms with Gasteiger partial charge in [-0.15, -0.1) is 0 Å². The highest BCUT2D eigenvalue weighted by atomic mass is 32.2. The van der Waals surface area contributed by atoms with E-state index in [1.807, 2.05) is 30.3 Å². The predicted octanol–water partition coefficient (Wildman–Crippen LogP) is 5.28. The Morgan fingerprint density at radius 1 is 1.03 bits per heavy atom. The monoisotopic (exact) mass is 474 g/mol. The van der Waals surface area contributed by atoms with E-state index in [4.69, 9.17) is 0 Å². The predicted molar refractivity (Wildman–Crippen MR) is 125 cm³/mol. The molecule has 0 bridgehead atoms. The normalized spacial score (nSPS) is 11.9. The number of benzene rings is 2. The number of hydrogen-bond acceptors (Lipinski definition) is 4. The third-order valence-corrected chi connectivity index (χ3v) is 5.72. The van der Waals surface area contributed by atoms with Crippen LogP contribution in [0.15, 0.2) is 71.9 Å². The number of hydrogen-bond donors (Lipinski definition) is 3. The van der Waals surface area contributed by atoms with Crippen molar-refractivity contribution in [3.05, 3.63) is 72.6 Å². The van der Waals surface area contributed by atoms with Crippen LogP contribution in [0.25, 0.3) is 22.2 Å². The van der Waals surface area contributed by atoms with Crippen LogP contribution < -0.4 is 10.6 Å². The average molecular weight is 475 g/mol. The molecule has 2 aromatic carbocycles. The van der Waals surface area contributed by atoms with Gasteiger partial charge in [0.25, 0.3) is 0 Å². The Labute approximate surface area is 190 Å². The van der Waals surface area contributed by atoms with E-state index in [1.165, 1.54) is 12.1 Å². The lowest BCUT2D eigenvalue weighted by Crippen LogP contribution is -2.04. The van der Waals surface area contributed by atoms with Gasteiger partial charge in [0.15, 0.2) is 0 Å². The Morgan fingerprint density at radius 3 is 2.24 bits per heavy atom. The molecule has 4 rings (SSSR count). The Bertz CT molecular complexity index is 1250. The number of nitrogens with zero attached hydrogens (tertiary/aromatic N) is 1. The SMILES string of the molecule is CNc1ccc(C(F)(F)F)cc1.CS(=O)c1ccc(-c2ccnc3[nH]cc(NC=O)c23)cc1. The zero-order chi connectivity index (χ0) is 24.0. The molecule has 4 aromatic rings. The molecule has 0 saturated carbocycles. The van der Waals surface area contributed by atoms with Crippen molar-refractivity contribution in [2.45, 2.75) is 11.1 Å². The summed E-state index contributed by atoms with van der Waals surface area (Å²) < 4.78 is 47.5. The molecule has 0 radical (unpaired) electrons. The number of aromatic nitrogens is 2. The van der Waals surface area contributed by atoms with Crippen LogP contribution in [-0.2, 0) is 21.8 Å². The molecule has 1 atom stereocenters. The third kappa shape index (κ3) is 5.78. The van der Waals surface area contributed by atoms with Gasteiger partial charge in [-0.1, -0.05) is 12.1 Å². The smallest absolute Gasteiger partial charge is 0.388 e.